The summed E-state index contributed by atoms with van der Waals surface area (Å²) in [7, 11) is 1.42. The topological polar surface area (TPSA) is 61.3 Å². The highest BCUT2D eigenvalue weighted by atomic mass is 19.1. The molecular weight excluding hydrogens is 223 g/mol. The van der Waals surface area contributed by atoms with Crippen molar-refractivity contribution in [1.29, 1.82) is 0 Å². The second-order valence-electron chi connectivity index (χ2n) is 3.70. The number of nitrogens with two attached hydrogens (primary N) is 1. The number of hydrogen-bond donors (Lipinski definition) is 1. The van der Waals surface area contributed by atoms with Crippen molar-refractivity contribution >= 4 is 0 Å². The summed E-state index contributed by atoms with van der Waals surface area (Å²) in [5.41, 5.74) is 6.23. The Morgan fingerprint density at radius 1 is 1.47 bits per heavy atom. The molecule has 0 spiro atoms. The van der Waals surface area contributed by atoms with Gasteiger partial charge in [-0.2, -0.15) is 0 Å². The van der Waals surface area contributed by atoms with Gasteiger partial charge < -0.3 is 14.9 Å². The molecule has 0 amide bonds. The summed E-state index contributed by atoms with van der Waals surface area (Å²) in [6.45, 7) is 1.77. The molecule has 4 nitrogen and oxygen atoms in total. The second kappa shape index (κ2) is 4.55. The van der Waals surface area contributed by atoms with Crippen LogP contribution in [-0.4, -0.2) is 12.1 Å². The molecular formula is C12H13FN2O2. The lowest BCUT2D eigenvalue weighted by atomic mass is 10.2. The van der Waals surface area contributed by atoms with E-state index in [9.17, 15) is 4.39 Å². The highest BCUT2D eigenvalue weighted by molar-refractivity contribution is 5.57. The van der Waals surface area contributed by atoms with Gasteiger partial charge in [0, 0.05) is 5.56 Å². The van der Waals surface area contributed by atoms with Crippen LogP contribution >= 0.6 is 0 Å². The molecule has 0 radical (unpaired) electrons. The lowest BCUT2D eigenvalue weighted by molar-refractivity contribution is 0.386. The molecule has 0 fully saturated rings. The zero-order valence-electron chi connectivity index (χ0n) is 9.61. The normalized spacial score (nSPS) is 12.5. The molecule has 0 saturated heterocycles. The fraction of sp³-hybridized carbons (Fsp3) is 0.250. The predicted octanol–water partition coefficient (Wildman–Crippen LogP) is 2.51. The first-order chi connectivity index (χ1) is 8.11. The largest absolute Gasteiger partial charge is 0.494 e. The third-order valence-corrected chi connectivity index (χ3v) is 2.35. The molecule has 0 saturated carbocycles. The number of oxazole rings is 1. The van der Waals surface area contributed by atoms with Crippen LogP contribution in [0.25, 0.3) is 11.3 Å². The Labute approximate surface area is 98.2 Å². The molecule has 0 bridgehead atoms. The number of hydrogen-bond acceptors (Lipinski definition) is 4. The Morgan fingerprint density at radius 2 is 2.24 bits per heavy atom. The third-order valence-electron chi connectivity index (χ3n) is 2.35. The molecule has 1 aromatic carbocycles. The van der Waals surface area contributed by atoms with Gasteiger partial charge in [-0.3, -0.25) is 0 Å². The van der Waals surface area contributed by atoms with Gasteiger partial charge in [0.25, 0.3) is 0 Å². The first-order valence-corrected chi connectivity index (χ1v) is 5.17. The second-order valence-corrected chi connectivity index (χ2v) is 3.70. The summed E-state index contributed by atoms with van der Waals surface area (Å²) in [5, 5.41) is 0. The smallest absolute Gasteiger partial charge is 0.211 e. The van der Waals surface area contributed by atoms with Gasteiger partial charge in [-0.1, -0.05) is 0 Å². The summed E-state index contributed by atoms with van der Waals surface area (Å²) in [4.78, 5) is 4.02. The zero-order valence-corrected chi connectivity index (χ0v) is 9.61. The molecule has 5 heteroatoms. The van der Waals surface area contributed by atoms with Crippen molar-refractivity contribution in [2.75, 3.05) is 7.11 Å². The van der Waals surface area contributed by atoms with E-state index in [1.807, 2.05) is 0 Å². The van der Waals surface area contributed by atoms with Crippen LogP contribution in [0.2, 0.25) is 0 Å². The van der Waals surface area contributed by atoms with Crippen LogP contribution < -0.4 is 10.5 Å². The Kier molecular flexibility index (Phi) is 3.10. The quantitative estimate of drug-likeness (QED) is 0.889. The maximum absolute atomic E-state index is 13.5. The van der Waals surface area contributed by atoms with E-state index in [2.05, 4.69) is 4.98 Å². The molecule has 2 N–H and O–H groups in total. The monoisotopic (exact) mass is 236 g/mol. The number of benzene rings is 1. The Hall–Kier alpha value is -1.88. The van der Waals surface area contributed by atoms with E-state index in [4.69, 9.17) is 14.9 Å². The molecule has 0 aliphatic heterocycles. The lowest BCUT2D eigenvalue weighted by Gasteiger charge is -2.03. The van der Waals surface area contributed by atoms with Gasteiger partial charge in [-0.25, -0.2) is 9.37 Å². The Balaban J connectivity index is 2.36. The number of aromatic nitrogens is 1. The molecule has 0 aliphatic carbocycles. The average molecular weight is 236 g/mol. The molecule has 2 rings (SSSR count). The molecule has 1 heterocycles. The highest BCUT2D eigenvalue weighted by Crippen LogP contribution is 2.26. The summed E-state index contributed by atoms with van der Waals surface area (Å²) in [6.07, 6.45) is 1.53. The van der Waals surface area contributed by atoms with Gasteiger partial charge in [0.1, 0.15) is 0 Å². The highest BCUT2D eigenvalue weighted by Gasteiger charge is 2.11. The molecule has 2 aromatic rings. The van der Waals surface area contributed by atoms with Gasteiger partial charge in [0.15, 0.2) is 17.3 Å². The summed E-state index contributed by atoms with van der Waals surface area (Å²) >= 11 is 0. The molecule has 90 valence electrons. The molecule has 1 aromatic heterocycles. The van der Waals surface area contributed by atoms with Gasteiger partial charge in [0.05, 0.1) is 19.3 Å². The van der Waals surface area contributed by atoms with Crippen LogP contribution in [0.5, 0.6) is 5.75 Å². The number of halogens is 1. The number of rotatable bonds is 3. The lowest BCUT2D eigenvalue weighted by Crippen LogP contribution is -2.04. The van der Waals surface area contributed by atoms with E-state index < -0.39 is 5.82 Å². The van der Waals surface area contributed by atoms with E-state index in [1.165, 1.54) is 19.4 Å². The molecule has 0 aliphatic rings. The molecule has 17 heavy (non-hydrogen) atoms. The van der Waals surface area contributed by atoms with Crippen LogP contribution in [0, 0.1) is 5.82 Å². The first-order valence-electron chi connectivity index (χ1n) is 5.17. The fourth-order valence-corrected chi connectivity index (χ4v) is 1.45. The van der Waals surface area contributed by atoms with Crippen molar-refractivity contribution in [2.24, 2.45) is 5.73 Å². The summed E-state index contributed by atoms with van der Waals surface area (Å²) in [6, 6.07) is 4.29. The van der Waals surface area contributed by atoms with Crippen LogP contribution in [0.4, 0.5) is 4.39 Å². The van der Waals surface area contributed by atoms with Crippen molar-refractivity contribution < 1.29 is 13.5 Å². The minimum Gasteiger partial charge on any atom is -0.494 e. The average Bonchev–Trinajstić information content (AvgIpc) is 2.78. The van der Waals surface area contributed by atoms with Crippen molar-refractivity contribution in [3.63, 3.8) is 0 Å². The fourth-order valence-electron chi connectivity index (χ4n) is 1.45. The minimum atomic E-state index is -0.441. The predicted molar refractivity (Wildman–Crippen MR) is 61.1 cm³/mol. The summed E-state index contributed by atoms with van der Waals surface area (Å²) in [5.74, 6) is 0.666. The van der Waals surface area contributed by atoms with Crippen molar-refractivity contribution in [1.82, 2.24) is 4.98 Å². The molecule has 1 atom stereocenters. The van der Waals surface area contributed by atoms with Crippen LogP contribution in [0.3, 0.4) is 0 Å². The Bertz CT molecular complexity index is 523. The van der Waals surface area contributed by atoms with Crippen molar-refractivity contribution in [2.45, 2.75) is 13.0 Å². The van der Waals surface area contributed by atoms with Gasteiger partial charge in [-0.15, -0.1) is 0 Å². The minimum absolute atomic E-state index is 0.195. The van der Waals surface area contributed by atoms with Gasteiger partial charge >= 0.3 is 0 Å². The van der Waals surface area contributed by atoms with E-state index in [-0.39, 0.29) is 11.8 Å². The van der Waals surface area contributed by atoms with Crippen molar-refractivity contribution in [3.05, 3.63) is 36.1 Å². The van der Waals surface area contributed by atoms with E-state index in [0.717, 1.165) is 0 Å². The van der Waals surface area contributed by atoms with Crippen LogP contribution in [0.1, 0.15) is 18.9 Å². The standard InChI is InChI=1S/C12H13FN2O2/c1-7(14)12-15-6-11(17-12)8-3-4-10(16-2)9(13)5-8/h3-7H,14H2,1-2H3. The SMILES string of the molecule is COc1ccc(-c2cnc(C(C)N)o2)cc1F. The van der Waals surface area contributed by atoms with E-state index in [0.29, 0.717) is 17.2 Å². The van der Waals surface area contributed by atoms with Crippen LogP contribution in [0.15, 0.2) is 28.8 Å². The first kappa shape index (κ1) is 11.6. The maximum Gasteiger partial charge on any atom is 0.211 e. The van der Waals surface area contributed by atoms with Crippen LogP contribution in [-0.2, 0) is 0 Å². The number of nitrogens with zero attached hydrogens (tertiary/aromatic N) is 1. The zero-order chi connectivity index (χ0) is 12.4. The Morgan fingerprint density at radius 3 is 2.76 bits per heavy atom. The third kappa shape index (κ3) is 2.29. The van der Waals surface area contributed by atoms with E-state index >= 15 is 0 Å². The summed E-state index contributed by atoms with van der Waals surface area (Å²) < 4.78 is 23.7. The van der Waals surface area contributed by atoms with Crippen molar-refractivity contribution in [3.8, 4) is 17.1 Å². The van der Waals surface area contributed by atoms with Gasteiger partial charge in [0.2, 0.25) is 5.89 Å². The number of methoxy groups -OCH3 is 1. The van der Waals surface area contributed by atoms with Gasteiger partial charge in [-0.05, 0) is 25.1 Å². The maximum atomic E-state index is 13.5. The number of ether oxygens (including phenoxy) is 1. The molecule has 1 unspecified atom stereocenters. The van der Waals surface area contributed by atoms with E-state index in [1.54, 1.807) is 19.1 Å².